The fraction of sp³-hybridized carbons (Fsp3) is 1.00. The van der Waals surface area contributed by atoms with Gasteiger partial charge in [0.05, 0.1) is 0 Å². The highest BCUT2D eigenvalue weighted by molar-refractivity contribution is 4.85. The molecule has 0 aromatic carbocycles. The van der Waals surface area contributed by atoms with Crippen LogP contribution >= 0.6 is 0 Å². The van der Waals surface area contributed by atoms with Gasteiger partial charge in [0.15, 0.2) is 0 Å². The topological polar surface area (TPSA) is 15.3 Å². The van der Waals surface area contributed by atoms with Crippen molar-refractivity contribution in [2.24, 2.45) is 5.41 Å². The summed E-state index contributed by atoms with van der Waals surface area (Å²) in [4.78, 5) is 2.62. The van der Waals surface area contributed by atoms with Crippen LogP contribution in [-0.4, -0.2) is 36.6 Å². The van der Waals surface area contributed by atoms with Crippen LogP contribution in [0.15, 0.2) is 0 Å². The number of rotatable bonds is 2. The van der Waals surface area contributed by atoms with E-state index in [-0.39, 0.29) is 5.54 Å². The molecule has 0 aromatic heterocycles. The normalized spacial score (nSPS) is 23.8. The predicted molar refractivity (Wildman–Crippen MR) is 67.2 cm³/mol. The summed E-state index contributed by atoms with van der Waals surface area (Å²) in [5.41, 5.74) is 0.748. The molecule has 0 atom stereocenters. The van der Waals surface area contributed by atoms with Crippen molar-refractivity contribution in [1.82, 2.24) is 10.2 Å². The van der Waals surface area contributed by atoms with Crippen molar-refractivity contribution in [3.8, 4) is 0 Å². The summed E-state index contributed by atoms with van der Waals surface area (Å²) in [6.45, 7) is 16.4. The monoisotopic (exact) mass is 212 g/mol. The standard InChI is InChI=1S/C13H28N2/c1-12(2,3)7-10-15-9-6-8-14-13(4,5)11-15/h14H,6-11H2,1-5H3. The van der Waals surface area contributed by atoms with Crippen molar-refractivity contribution >= 4 is 0 Å². The molecule has 0 aromatic rings. The maximum Gasteiger partial charge on any atom is 0.0252 e. The minimum Gasteiger partial charge on any atom is -0.310 e. The SMILES string of the molecule is CC(C)(C)CCN1CCCNC(C)(C)C1. The minimum atomic E-state index is 0.286. The Labute approximate surface area is 95.4 Å². The molecule has 0 spiro atoms. The quantitative estimate of drug-likeness (QED) is 0.756. The first-order valence-electron chi connectivity index (χ1n) is 6.26. The molecule has 0 amide bonds. The van der Waals surface area contributed by atoms with E-state index >= 15 is 0 Å². The first-order chi connectivity index (χ1) is 6.79. The van der Waals surface area contributed by atoms with Crippen molar-refractivity contribution in [2.75, 3.05) is 26.2 Å². The highest BCUT2D eigenvalue weighted by atomic mass is 15.2. The maximum atomic E-state index is 3.61. The lowest BCUT2D eigenvalue weighted by Crippen LogP contribution is -2.46. The third-order valence-corrected chi connectivity index (χ3v) is 3.05. The molecule has 0 radical (unpaired) electrons. The average molecular weight is 212 g/mol. The third-order valence-electron chi connectivity index (χ3n) is 3.05. The molecule has 0 saturated carbocycles. The third kappa shape index (κ3) is 5.53. The van der Waals surface area contributed by atoms with Crippen molar-refractivity contribution in [3.63, 3.8) is 0 Å². The molecule has 1 heterocycles. The van der Waals surface area contributed by atoms with Gasteiger partial charge in [-0.2, -0.15) is 0 Å². The zero-order chi connectivity index (χ0) is 11.5. The smallest absolute Gasteiger partial charge is 0.0252 e. The summed E-state index contributed by atoms with van der Waals surface area (Å²) in [5, 5.41) is 3.61. The van der Waals surface area contributed by atoms with Gasteiger partial charge < -0.3 is 10.2 Å². The largest absolute Gasteiger partial charge is 0.310 e. The summed E-state index contributed by atoms with van der Waals surface area (Å²) in [7, 11) is 0. The zero-order valence-electron chi connectivity index (χ0n) is 11.2. The Bertz CT molecular complexity index is 191. The van der Waals surface area contributed by atoms with E-state index in [9.17, 15) is 0 Å². The molecule has 1 aliphatic rings. The lowest BCUT2D eigenvalue weighted by Gasteiger charge is -2.31. The Morgan fingerprint density at radius 1 is 1.27 bits per heavy atom. The van der Waals surface area contributed by atoms with Crippen molar-refractivity contribution in [3.05, 3.63) is 0 Å². The van der Waals surface area contributed by atoms with Crippen LogP contribution < -0.4 is 5.32 Å². The summed E-state index contributed by atoms with van der Waals surface area (Å²) < 4.78 is 0. The van der Waals surface area contributed by atoms with Crippen LogP contribution in [0.25, 0.3) is 0 Å². The van der Waals surface area contributed by atoms with E-state index in [1.54, 1.807) is 0 Å². The molecule has 2 nitrogen and oxygen atoms in total. The number of hydrogen-bond acceptors (Lipinski definition) is 2. The first-order valence-corrected chi connectivity index (χ1v) is 6.26. The molecule has 0 bridgehead atoms. The molecule has 15 heavy (non-hydrogen) atoms. The van der Waals surface area contributed by atoms with Crippen molar-refractivity contribution < 1.29 is 0 Å². The summed E-state index contributed by atoms with van der Waals surface area (Å²) in [5.74, 6) is 0. The molecule has 1 rings (SSSR count). The molecule has 1 N–H and O–H groups in total. The van der Waals surface area contributed by atoms with Gasteiger partial charge >= 0.3 is 0 Å². The van der Waals surface area contributed by atoms with E-state index in [2.05, 4.69) is 44.8 Å². The Morgan fingerprint density at radius 2 is 1.93 bits per heavy atom. The number of hydrogen-bond donors (Lipinski definition) is 1. The summed E-state index contributed by atoms with van der Waals surface area (Å²) >= 11 is 0. The highest BCUT2D eigenvalue weighted by Crippen LogP contribution is 2.20. The lowest BCUT2D eigenvalue weighted by atomic mass is 9.92. The minimum absolute atomic E-state index is 0.286. The number of nitrogens with zero attached hydrogens (tertiary/aromatic N) is 1. The fourth-order valence-electron chi connectivity index (χ4n) is 2.11. The molecule has 1 fully saturated rings. The first kappa shape index (κ1) is 13.0. The maximum absolute atomic E-state index is 3.61. The highest BCUT2D eigenvalue weighted by Gasteiger charge is 2.24. The lowest BCUT2D eigenvalue weighted by molar-refractivity contribution is 0.200. The second-order valence-corrected chi connectivity index (χ2v) is 6.75. The summed E-state index contributed by atoms with van der Waals surface area (Å²) in [6.07, 6.45) is 2.58. The second-order valence-electron chi connectivity index (χ2n) is 6.75. The van der Waals surface area contributed by atoms with Crippen LogP contribution in [0.2, 0.25) is 0 Å². The zero-order valence-corrected chi connectivity index (χ0v) is 11.2. The van der Waals surface area contributed by atoms with Gasteiger partial charge in [-0.05, 0) is 51.7 Å². The molecule has 0 aliphatic carbocycles. The van der Waals surface area contributed by atoms with Crippen LogP contribution in [0.3, 0.4) is 0 Å². The van der Waals surface area contributed by atoms with Gasteiger partial charge in [-0.15, -0.1) is 0 Å². The number of nitrogens with one attached hydrogen (secondary N) is 1. The molecule has 2 heteroatoms. The van der Waals surface area contributed by atoms with Crippen molar-refractivity contribution in [1.29, 1.82) is 0 Å². The van der Waals surface area contributed by atoms with Gasteiger partial charge in [0, 0.05) is 12.1 Å². The van der Waals surface area contributed by atoms with E-state index in [0.717, 1.165) is 0 Å². The molecular weight excluding hydrogens is 184 g/mol. The van der Waals surface area contributed by atoms with Gasteiger partial charge in [0.25, 0.3) is 0 Å². The molecule has 1 aliphatic heterocycles. The van der Waals surface area contributed by atoms with Gasteiger partial charge in [-0.25, -0.2) is 0 Å². The average Bonchev–Trinajstić information content (AvgIpc) is 2.21. The Morgan fingerprint density at radius 3 is 2.53 bits per heavy atom. The predicted octanol–water partition coefficient (Wildman–Crippen LogP) is 2.50. The van der Waals surface area contributed by atoms with Crippen LogP contribution in [0.5, 0.6) is 0 Å². The molecular formula is C13H28N2. The Kier molecular flexibility index (Phi) is 4.19. The fourth-order valence-corrected chi connectivity index (χ4v) is 2.11. The van der Waals surface area contributed by atoms with E-state index in [1.807, 2.05) is 0 Å². The molecule has 0 unspecified atom stereocenters. The van der Waals surface area contributed by atoms with Crippen LogP contribution in [0, 0.1) is 5.41 Å². The van der Waals surface area contributed by atoms with Crippen LogP contribution in [0.1, 0.15) is 47.5 Å². The van der Waals surface area contributed by atoms with E-state index < -0.39 is 0 Å². The Hall–Kier alpha value is -0.0800. The van der Waals surface area contributed by atoms with Crippen molar-refractivity contribution in [2.45, 2.75) is 53.0 Å². The van der Waals surface area contributed by atoms with Gasteiger partial charge in [-0.1, -0.05) is 20.8 Å². The summed E-state index contributed by atoms with van der Waals surface area (Å²) in [6, 6.07) is 0. The van der Waals surface area contributed by atoms with E-state index in [0.29, 0.717) is 5.41 Å². The molecule has 90 valence electrons. The van der Waals surface area contributed by atoms with Gasteiger partial charge in [0.1, 0.15) is 0 Å². The molecule has 1 saturated heterocycles. The Balaban J connectivity index is 2.40. The van der Waals surface area contributed by atoms with Crippen LogP contribution in [0.4, 0.5) is 0 Å². The van der Waals surface area contributed by atoms with E-state index in [1.165, 1.54) is 39.0 Å². The van der Waals surface area contributed by atoms with Gasteiger partial charge in [-0.3, -0.25) is 0 Å². The van der Waals surface area contributed by atoms with Gasteiger partial charge in [0.2, 0.25) is 0 Å². The second kappa shape index (κ2) is 4.84. The van der Waals surface area contributed by atoms with Crippen LogP contribution in [-0.2, 0) is 0 Å². The van der Waals surface area contributed by atoms with E-state index in [4.69, 9.17) is 0 Å².